The maximum Gasteiger partial charge on any atom is 0.262 e. The molecular weight excluding hydrogens is 359 g/mol. The zero-order chi connectivity index (χ0) is 18.0. The lowest BCUT2D eigenvalue weighted by atomic mass is 10.2. The van der Waals surface area contributed by atoms with E-state index in [0.717, 1.165) is 22.3 Å². The highest BCUT2D eigenvalue weighted by Crippen LogP contribution is 2.37. The minimum atomic E-state index is -0.277. The van der Waals surface area contributed by atoms with Crippen molar-refractivity contribution in [1.82, 2.24) is 4.98 Å². The molecule has 0 spiro atoms. The second kappa shape index (κ2) is 7.30. The molecule has 1 aromatic heterocycles. The fourth-order valence-electron chi connectivity index (χ4n) is 2.46. The average molecular weight is 375 g/mol. The number of pyridine rings is 1. The first kappa shape index (κ1) is 17.5. The van der Waals surface area contributed by atoms with Crippen LogP contribution in [-0.4, -0.2) is 17.5 Å². The van der Waals surface area contributed by atoms with Gasteiger partial charge in [-0.25, -0.2) is 4.98 Å². The monoisotopic (exact) mass is 374 g/mol. The highest BCUT2D eigenvalue weighted by molar-refractivity contribution is 6.39. The topological polar surface area (TPSA) is 51.2 Å². The first-order valence-corrected chi connectivity index (χ1v) is 8.45. The van der Waals surface area contributed by atoms with Crippen molar-refractivity contribution in [3.8, 4) is 5.75 Å². The second-order valence-electron chi connectivity index (χ2n) is 5.67. The molecule has 0 aliphatic rings. The summed E-state index contributed by atoms with van der Waals surface area (Å²) >= 11 is 12.5. The van der Waals surface area contributed by atoms with Gasteiger partial charge in [-0.05, 0) is 43.7 Å². The van der Waals surface area contributed by atoms with Gasteiger partial charge in [-0.2, -0.15) is 0 Å². The summed E-state index contributed by atoms with van der Waals surface area (Å²) in [5.41, 5.74) is 3.07. The molecule has 0 saturated carbocycles. The quantitative estimate of drug-likeness (QED) is 0.684. The lowest BCUT2D eigenvalue weighted by molar-refractivity contribution is -0.118. The summed E-state index contributed by atoms with van der Waals surface area (Å²) in [5.74, 6) is 0.0748. The Hall–Kier alpha value is -2.30. The van der Waals surface area contributed by atoms with Crippen molar-refractivity contribution in [3.63, 3.8) is 0 Å². The summed E-state index contributed by atoms with van der Waals surface area (Å²) in [4.78, 5) is 16.6. The Kier molecular flexibility index (Phi) is 5.11. The first-order chi connectivity index (χ1) is 12.0. The number of aromatic nitrogens is 1. The zero-order valence-corrected chi connectivity index (χ0v) is 15.3. The number of amides is 1. The van der Waals surface area contributed by atoms with Crippen molar-refractivity contribution < 1.29 is 9.53 Å². The Labute approximate surface area is 155 Å². The lowest BCUT2D eigenvalue weighted by Crippen LogP contribution is -2.20. The molecule has 1 amide bonds. The van der Waals surface area contributed by atoms with E-state index in [4.69, 9.17) is 27.9 Å². The number of rotatable bonds is 4. The number of fused-ring (bicyclic) bond motifs is 1. The third-order valence-corrected chi connectivity index (χ3v) is 4.34. The molecule has 0 atom stereocenters. The Balaban J connectivity index is 1.82. The Morgan fingerprint density at radius 3 is 2.64 bits per heavy atom. The van der Waals surface area contributed by atoms with Crippen LogP contribution in [0.3, 0.4) is 0 Å². The molecule has 3 aromatic rings. The molecule has 0 bridgehead atoms. The van der Waals surface area contributed by atoms with E-state index < -0.39 is 0 Å². The van der Waals surface area contributed by atoms with E-state index in [9.17, 15) is 4.79 Å². The van der Waals surface area contributed by atoms with Crippen LogP contribution in [0, 0.1) is 13.8 Å². The maximum absolute atomic E-state index is 12.2. The lowest BCUT2D eigenvalue weighted by Gasteiger charge is -2.13. The Bertz CT molecular complexity index is 958. The van der Waals surface area contributed by atoms with Crippen LogP contribution in [0.15, 0.2) is 42.5 Å². The van der Waals surface area contributed by atoms with Crippen molar-refractivity contribution in [2.45, 2.75) is 13.8 Å². The molecule has 0 radical (unpaired) electrons. The average Bonchev–Trinajstić information content (AvgIpc) is 2.56. The summed E-state index contributed by atoms with van der Waals surface area (Å²) in [6.45, 7) is 3.61. The van der Waals surface area contributed by atoms with Gasteiger partial charge < -0.3 is 10.1 Å². The van der Waals surface area contributed by atoms with Gasteiger partial charge in [0.2, 0.25) is 0 Å². The number of aryl methyl sites for hydroxylation is 2. The zero-order valence-electron chi connectivity index (χ0n) is 13.8. The number of hydrogen-bond donors (Lipinski definition) is 1. The number of benzene rings is 2. The van der Waals surface area contributed by atoms with Gasteiger partial charge in [0, 0.05) is 16.8 Å². The molecule has 3 rings (SSSR count). The predicted molar refractivity (Wildman–Crippen MR) is 102 cm³/mol. The van der Waals surface area contributed by atoms with Gasteiger partial charge in [0.05, 0.1) is 10.0 Å². The molecule has 25 heavy (non-hydrogen) atoms. The number of nitrogens with one attached hydrogen (secondary N) is 1. The highest BCUT2D eigenvalue weighted by Gasteiger charge is 2.15. The van der Waals surface area contributed by atoms with Crippen LogP contribution in [-0.2, 0) is 4.79 Å². The third-order valence-electron chi connectivity index (χ3n) is 3.74. The number of anilines is 1. The molecule has 0 unspecified atom stereocenters. The van der Waals surface area contributed by atoms with E-state index in [2.05, 4.69) is 10.3 Å². The molecule has 1 heterocycles. The van der Waals surface area contributed by atoms with E-state index in [1.165, 1.54) is 0 Å². The molecule has 0 fully saturated rings. The number of ether oxygens (including phenoxy) is 1. The van der Waals surface area contributed by atoms with Crippen molar-refractivity contribution in [3.05, 3.63) is 63.8 Å². The van der Waals surface area contributed by atoms with Gasteiger partial charge in [-0.3, -0.25) is 4.79 Å². The number of hydrogen-bond acceptors (Lipinski definition) is 3. The van der Waals surface area contributed by atoms with Crippen molar-refractivity contribution >= 4 is 45.7 Å². The van der Waals surface area contributed by atoms with Crippen molar-refractivity contribution in [2.75, 3.05) is 11.9 Å². The molecule has 1 N–H and O–H groups in total. The van der Waals surface area contributed by atoms with Crippen LogP contribution in [0.4, 0.5) is 5.69 Å². The van der Waals surface area contributed by atoms with Gasteiger partial charge >= 0.3 is 0 Å². The van der Waals surface area contributed by atoms with E-state index in [-0.39, 0.29) is 12.5 Å². The fraction of sp³-hybridized carbons (Fsp3) is 0.158. The summed E-state index contributed by atoms with van der Waals surface area (Å²) in [5, 5.41) is 4.35. The number of para-hydroxylation sites is 1. The van der Waals surface area contributed by atoms with Gasteiger partial charge in [0.25, 0.3) is 5.91 Å². The van der Waals surface area contributed by atoms with Crippen LogP contribution < -0.4 is 10.1 Å². The van der Waals surface area contributed by atoms with Gasteiger partial charge in [0.1, 0.15) is 5.52 Å². The normalized spacial score (nSPS) is 10.7. The van der Waals surface area contributed by atoms with Gasteiger partial charge in [0.15, 0.2) is 12.4 Å². The molecule has 0 aliphatic heterocycles. The van der Waals surface area contributed by atoms with E-state index in [1.807, 2.05) is 50.2 Å². The summed E-state index contributed by atoms with van der Waals surface area (Å²) in [7, 11) is 0. The summed E-state index contributed by atoms with van der Waals surface area (Å²) in [6, 6.07) is 12.8. The van der Waals surface area contributed by atoms with Crippen molar-refractivity contribution in [1.29, 1.82) is 0 Å². The molecule has 6 heteroatoms. The standard InChI is InChI=1S/C19H16Cl2N2O2/c1-11-5-3-4-6-16(11)23-17(24)10-25-19-15(21)9-14(20)13-8-7-12(2)22-18(13)19/h3-9H,10H2,1-2H3,(H,23,24). The second-order valence-corrected chi connectivity index (χ2v) is 6.48. The highest BCUT2D eigenvalue weighted by atomic mass is 35.5. The molecule has 0 aliphatic carbocycles. The maximum atomic E-state index is 12.2. The van der Waals surface area contributed by atoms with Crippen LogP contribution in [0.5, 0.6) is 5.75 Å². The van der Waals surface area contributed by atoms with Crippen LogP contribution in [0.2, 0.25) is 10.0 Å². The molecule has 2 aromatic carbocycles. The fourth-order valence-corrected chi connectivity index (χ4v) is 3.04. The van der Waals surface area contributed by atoms with E-state index in [0.29, 0.717) is 21.3 Å². The van der Waals surface area contributed by atoms with Crippen LogP contribution >= 0.6 is 23.2 Å². The SMILES string of the molecule is Cc1ccc2c(Cl)cc(Cl)c(OCC(=O)Nc3ccccc3C)c2n1. The number of nitrogens with zero attached hydrogens (tertiary/aromatic N) is 1. The smallest absolute Gasteiger partial charge is 0.262 e. The number of halogens is 2. The Morgan fingerprint density at radius 1 is 1.12 bits per heavy atom. The van der Waals surface area contributed by atoms with Gasteiger partial charge in [-0.1, -0.05) is 41.4 Å². The third kappa shape index (κ3) is 3.86. The number of carbonyl (C=O) groups is 1. The Morgan fingerprint density at radius 2 is 1.88 bits per heavy atom. The van der Waals surface area contributed by atoms with E-state index in [1.54, 1.807) is 6.07 Å². The minimum Gasteiger partial charge on any atom is -0.480 e. The summed E-state index contributed by atoms with van der Waals surface area (Å²) < 4.78 is 5.67. The number of carbonyl (C=O) groups excluding carboxylic acids is 1. The molecular formula is C19H16Cl2N2O2. The minimum absolute atomic E-state index is 0.180. The first-order valence-electron chi connectivity index (χ1n) is 7.69. The van der Waals surface area contributed by atoms with Crippen molar-refractivity contribution in [2.24, 2.45) is 0 Å². The van der Waals surface area contributed by atoms with Gasteiger partial charge in [-0.15, -0.1) is 0 Å². The molecule has 0 saturated heterocycles. The van der Waals surface area contributed by atoms with E-state index >= 15 is 0 Å². The van der Waals surface area contributed by atoms with Crippen LogP contribution in [0.1, 0.15) is 11.3 Å². The predicted octanol–water partition coefficient (Wildman–Crippen LogP) is 5.18. The summed E-state index contributed by atoms with van der Waals surface area (Å²) in [6.07, 6.45) is 0. The molecule has 4 nitrogen and oxygen atoms in total. The molecule has 128 valence electrons. The van der Waals surface area contributed by atoms with Crippen LogP contribution in [0.25, 0.3) is 10.9 Å². The largest absolute Gasteiger partial charge is 0.480 e.